The third-order valence-corrected chi connectivity index (χ3v) is 4.59. The lowest BCUT2D eigenvalue weighted by molar-refractivity contribution is -0.116. The summed E-state index contributed by atoms with van der Waals surface area (Å²) in [6.45, 7) is 0.346. The first kappa shape index (κ1) is 13.7. The molecule has 7 nitrogen and oxygen atoms in total. The quantitative estimate of drug-likeness (QED) is 0.868. The van der Waals surface area contributed by atoms with Crippen LogP contribution in [0.4, 0.5) is 5.00 Å². The maximum absolute atomic E-state index is 12.0. The van der Waals surface area contributed by atoms with E-state index in [0.29, 0.717) is 16.3 Å². The number of nitrogens with one attached hydrogen (secondary N) is 1. The molecule has 1 aliphatic carbocycles. The fourth-order valence-electron chi connectivity index (χ4n) is 2.43. The van der Waals surface area contributed by atoms with Gasteiger partial charge in [0.2, 0.25) is 5.91 Å². The van der Waals surface area contributed by atoms with E-state index >= 15 is 0 Å². The van der Waals surface area contributed by atoms with Crippen LogP contribution < -0.4 is 11.1 Å². The van der Waals surface area contributed by atoms with Crippen LogP contribution in [0.5, 0.6) is 0 Å². The number of aromatic nitrogens is 3. The van der Waals surface area contributed by atoms with Gasteiger partial charge in [0, 0.05) is 11.4 Å². The van der Waals surface area contributed by atoms with Gasteiger partial charge in [0.1, 0.15) is 17.6 Å². The van der Waals surface area contributed by atoms with E-state index in [0.717, 1.165) is 24.8 Å². The number of carbonyl (C=O) groups excluding carboxylic acids is 1. The van der Waals surface area contributed by atoms with Crippen molar-refractivity contribution in [1.82, 2.24) is 15.0 Å². The number of rotatable bonds is 4. The van der Waals surface area contributed by atoms with E-state index < -0.39 is 0 Å². The molecule has 0 atom stereocenters. The molecule has 8 heteroatoms. The number of fused-ring (bicyclic) bond motifs is 1. The maximum atomic E-state index is 12.0. The summed E-state index contributed by atoms with van der Waals surface area (Å²) in [5, 5.41) is 20.4. The summed E-state index contributed by atoms with van der Waals surface area (Å²) in [6.07, 6.45) is 4.64. The minimum atomic E-state index is -0.222. The summed E-state index contributed by atoms with van der Waals surface area (Å²) >= 11 is 1.50. The summed E-state index contributed by atoms with van der Waals surface area (Å²) in [5.74, 6) is -0.222. The number of carbonyl (C=O) groups is 1. The van der Waals surface area contributed by atoms with Gasteiger partial charge in [-0.05, 0) is 24.8 Å². The molecule has 0 spiro atoms. The number of nitrogens with zero attached hydrogens (tertiary/aromatic N) is 4. The molecule has 3 rings (SSSR count). The first-order valence-corrected chi connectivity index (χ1v) is 7.46. The van der Waals surface area contributed by atoms with Gasteiger partial charge in [-0.15, -0.1) is 16.4 Å². The Morgan fingerprint density at radius 3 is 3.14 bits per heavy atom. The summed E-state index contributed by atoms with van der Waals surface area (Å²) in [6, 6.07) is 2.20. The predicted octanol–water partition coefficient (Wildman–Crippen LogP) is 0.797. The van der Waals surface area contributed by atoms with Crippen LogP contribution in [-0.2, 0) is 30.7 Å². The second kappa shape index (κ2) is 5.63. The molecule has 0 aromatic carbocycles. The van der Waals surface area contributed by atoms with Crippen molar-refractivity contribution in [2.24, 2.45) is 5.73 Å². The van der Waals surface area contributed by atoms with E-state index in [4.69, 9.17) is 5.73 Å². The molecular weight excluding hydrogens is 288 g/mol. The standard InChI is InChI=1S/C13H14N6OS/c14-4-8-6-19(18-17-8)7-12(20)16-13-10(5-15)9-2-1-3-11(9)21-13/h6H,1-4,7,14H2,(H,16,20). The Labute approximate surface area is 125 Å². The molecule has 0 bridgehead atoms. The first-order valence-electron chi connectivity index (χ1n) is 6.65. The molecule has 2 heterocycles. The van der Waals surface area contributed by atoms with Crippen LogP contribution in [0.25, 0.3) is 0 Å². The summed E-state index contributed by atoms with van der Waals surface area (Å²) in [5.41, 5.74) is 7.79. The molecule has 108 valence electrons. The lowest BCUT2D eigenvalue weighted by Crippen LogP contribution is -2.19. The molecule has 1 aliphatic rings. The van der Waals surface area contributed by atoms with E-state index in [-0.39, 0.29) is 19.0 Å². The Bertz CT molecular complexity index is 726. The Hall–Kier alpha value is -2.24. The lowest BCUT2D eigenvalue weighted by atomic mass is 10.1. The number of nitrogens with two attached hydrogens (primary N) is 1. The van der Waals surface area contributed by atoms with Gasteiger partial charge in [0.15, 0.2) is 0 Å². The minimum Gasteiger partial charge on any atom is -0.325 e. The van der Waals surface area contributed by atoms with Gasteiger partial charge in [0.05, 0.1) is 17.5 Å². The first-order chi connectivity index (χ1) is 10.2. The number of nitriles is 1. The van der Waals surface area contributed by atoms with E-state index in [1.54, 1.807) is 6.20 Å². The Balaban J connectivity index is 1.72. The third-order valence-electron chi connectivity index (χ3n) is 3.39. The van der Waals surface area contributed by atoms with Gasteiger partial charge in [0.25, 0.3) is 0 Å². The number of hydrogen-bond donors (Lipinski definition) is 2. The molecule has 2 aromatic heterocycles. The van der Waals surface area contributed by atoms with Gasteiger partial charge in [-0.1, -0.05) is 5.21 Å². The van der Waals surface area contributed by atoms with E-state index in [1.165, 1.54) is 20.9 Å². The topological polar surface area (TPSA) is 110 Å². The highest BCUT2D eigenvalue weighted by atomic mass is 32.1. The fourth-order valence-corrected chi connectivity index (χ4v) is 3.69. The van der Waals surface area contributed by atoms with Crippen LogP contribution in [0, 0.1) is 11.3 Å². The number of amides is 1. The zero-order chi connectivity index (χ0) is 14.8. The molecular formula is C13H14N6OS. The molecule has 0 saturated carbocycles. The second-order valence-corrected chi connectivity index (χ2v) is 5.94. The third kappa shape index (κ3) is 2.66. The van der Waals surface area contributed by atoms with Crippen molar-refractivity contribution in [3.8, 4) is 6.07 Å². The summed E-state index contributed by atoms with van der Waals surface area (Å²) in [4.78, 5) is 13.3. The summed E-state index contributed by atoms with van der Waals surface area (Å²) in [7, 11) is 0. The highest BCUT2D eigenvalue weighted by Crippen LogP contribution is 2.38. The van der Waals surface area contributed by atoms with Crippen LogP contribution in [0.1, 0.15) is 28.1 Å². The zero-order valence-corrected chi connectivity index (χ0v) is 12.1. The minimum absolute atomic E-state index is 0.0560. The fraction of sp³-hybridized carbons (Fsp3) is 0.385. The molecule has 0 aliphatic heterocycles. The van der Waals surface area contributed by atoms with Crippen molar-refractivity contribution in [2.75, 3.05) is 5.32 Å². The van der Waals surface area contributed by atoms with E-state index in [2.05, 4.69) is 21.7 Å². The van der Waals surface area contributed by atoms with Crippen molar-refractivity contribution in [3.05, 3.63) is 27.9 Å². The molecule has 1 amide bonds. The second-order valence-electron chi connectivity index (χ2n) is 4.83. The maximum Gasteiger partial charge on any atom is 0.246 e. The Kier molecular flexibility index (Phi) is 3.68. The van der Waals surface area contributed by atoms with E-state index in [9.17, 15) is 10.1 Å². The van der Waals surface area contributed by atoms with Crippen molar-refractivity contribution in [3.63, 3.8) is 0 Å². The van der Waals surface area contributed by atoms with E-state index in [1.807, 2.05) is 0 Å². The number of aryl methyl sites for hydroxylation is 1. The van der Waals surface area contributed by atoms with Crippen LogP contribution in [0.2, 0.25) is 0 Å². The van der Waals surface area contributed by atoms with Gasteiger partial charge < -0.3 is 11.1 Å². The molecule has 0 radical (unpaired) electrons. The molecule has 0 fully saturated rings. The van der Waals surface area contributed by atoms with Crippen LogP contribution in [0.3, 0.4) is 0 Å². The Morgan fingerprint density at radius 2 is 2.43 bits per heavy atom. The SMILES string of the molecule is N#Cc1c(NC(=O)Cn2cc(CN)nn2)sc2c1CCC2. The molecule has 0 unspecified atom stereocenters. The molecule has 3 N–H and O–H groups in total. The van der Waals surface area contributed by atoms with Crippen molar-refractivity contribution >= 4 is 22.2 Å². The van der Waals surface area contributed by atoms with Gasteiger partial charge in [-0.2, -0.15) is 5.26 Å². The smallest absolute Gasteiger partial charge is 0.246 e. The van der Waals surface area contributed by atoms with Crippen LogP contribution >= 0.6 is 11.3 Å². The summed E-state index contributed by atoms with van der Waals surface area (Å²) < 4.78 is 1.44. The van der Waals surface area contributed by atoms with Crippen molar-refractivity contribution in [2.45, 2.75) is 32.4 Å². The zero-order valence-electron chi connectivity index (χ0n) is 11.3. The highest BCUT2D eigenvalue weighted by Gasteiger charge is 2.23. The van der Waals surface area contributed by atoms with Gasteiger partial charge >= 0.3 is 0 Å². The molecule has 0 saturated heterocycles. The normalized spacial score (nSPS) is 13.0. The van der Waals surface area contributed by atoms with Crippen molar-refractivity contribution < 1.29 is 4.79 Å². The molecule has 2 aromatic rings. The van der Waals surface area contributed by atoms with Crippen LogP contribution in [0.15, 0.2) is 6.20 Å². The number of hydrogen-bond acceptors (Lipinski definition) is 6. The van der Waals surface area contributed by atoms with Crippen molar-refractivity contribution in [1.29, 1.82) is 5.26 Å². The molecule has 21 heavy (non-hydrogen) atoms. The highest BCUT2D eigenvalue weighted by molar-refractivity contribution is 7.16. The monoisotopic (exact) mass is 302 g/mol. The Morgan fingerprint density at radius 1 is 1.57 bits per heavy atom. The predicted molar refractivity (Wildman–Crippen MR) is 77.6 cm³/mol. The van der Waals surface area contributed by atoms with Gasteiger partial charge in [-0.25, -0.2) is 4.68 Å². The van der Waals surface area contributed by atoms with Crippen LogP contribution in [-0.4, -0.2) is 20.9 Å². The van der Waals surface area contributed by atoms with Gasteiger partial charge in [-0.3, -0.25) is 4.79 Å². The average Bonchev–Trinajstić information content (AvgIpc) is 3.14. The number of thiophene rings is 1. The largest absolute Gasteiger partial charge is 0.325 e. The number of anilines is 1. The lowest BCUT2D eigenvalue weighted by Gasteiger charge is -2.03. The average molecular weight is 302 g/mol.